The molecule has 3 rings (SSSR count). The van der Waals surface area contributed by atoms with Crippen molar-refractivity contribution >= 4 is 41.3 Å². The molecule has 0 aliphatic carbocycles. The van der Waals surface area contributed by atoms with Crippen LogP contribution in [0.1, 0.15) is 11.8 Å². The van der Waals surface area contributed by atoms with Crippen LogP contribution in [-0.4, -0.2) is 38.8 Å². The standard InChI is InChI=1S/C19H25N3O2S.HI/c1-14(10-16-6-5-9-25-16)11-21-19(20-2)22-12-15-13-23-17-7-3-4-8-18(17)24-15;/h3-9,14-15H,10-13H2,1-2H3,(H2,20,21,22);1H. The Kier molecular flexibility index (Phi) is 8.50. The first kappa shape index (κ1) is 20.8. The highest BCUT2D eigenvalue weighted by molar-refractivity contribution is 14.0. The maximum Gasteiger partial charge on any atom is 0.191 e. The molecule has 142 valence electrons. The van der Waals surface area contributed by atoms with Crippen LogP contribution in [0.3, 0.4) is 0 Å². The second kappa shape index (κ2) is 10.6. The van der Waals surface area contributed by atoms with Crippen molar-refractivity contribution in [3.8, 4) is 11.5 Å². The van der Waals surface area contributed by atoms with Crippen molar-refractivity contribution in [2.45, 2.75) is 19.4 Å². The number of ether oxygens (including phenoxy) is 2. The van der Waals surface area contributed by atoms with Gasteiger partial charge in [0.15, 0.2) is 17.5 Å². The van der Waals surface area contributed by atoms with Crippen LogP contribution >= 0.6 is 35.3 Å². The van der Waals surface area contributed by atoms with Gasteiger partial charge in [-0.15, -0.1) is 35.3 Å². The van der Waals surface area contributed by atoms with Crippen LogP contribution in [0.2, 0.25) is 0 Å². The van der Waals surface area contributed by atoms with Crippen molar-refractivity contribution in [2.75, 3.05) is 26.7 Å². The van der Waals surface area contributed by atoms with Gasteiger partial charge in [0.05, 0.1) is 6.54 Å². The molecule has 0 saturated carbocycles. The van der Waals surface area contributed by atoms with Crippen molar-refractivity contribution in [3.05, 3.63) is 46.7 Å². The lowest BCUT2D eigenvalue weighted by atomic mass is 10.1. The van der Waals surface area contributed by atoms with Gasteiger partial charge in [-0.1, -0.05) is 25.1 Å². The molecule has 2 atom stereocenters. The van der Waals surface area contributed by atoms with Gasteiger partial charge in [-0.3, -0.25) is 4.99 Å². The zero-order chi connectivity index (χ0) is 17.5. The summed E-state index contributed by atoms with van der Waals surface area (Å²) in [5, 5.41) is 8.83. The van der Waals surface area contributed by atoms with Crippen molar-refractivity contribution in [1.82, 2.24) is 10.6 Å². The molecule has 2 aromatic rings. The minimum absolute atomic E-state index is 0. The van der Waals surface area contributed by atoms with Crippen LogP contribution in [0.25, 0.3) is 0 Å². The molecule has 26 heavy (non-hydrogen) atoms. The average molecular weight is 487 g/mol. The lowest BCUT2D eigenvalue weighted by Gasteiger charge is -2.27. The van der Waals surface area contributed by atoms with Gasteiger partial charge in [0.25, 0.3) is 0 Å². The molecule has 2 unspecified atom stereocenters. The molecule has 2 N–H and O–H groups in total. The first-order chi connectivity index (χ1) is 12.2. The van der Waals surface area contributed by atoms with Gasteiger partial charge < -0.3 is 20.1 Å². The third kappa shape index (κ3) is 6.05. The number of benzene rings is 1. The summed E-state index contributed by atoms with van der Waals surface area (Å²) in [7, 11) is 1.78. The molecule has 0 saturated heterocycles. The molecule has 0 amide bonds. The molecule has 5 nitrogen and oxygen atoms in total. The summed E-state index contributed by atoms with van der Waals surface area (Å²) >= 11 is 1.81. The van der Waals surface area contributed by atoms with Gasteiger partial charge >= 0.3 is 0 Å². The molecule has 7 heteroatoms. The fraction of sp³-hybridized carbons (Fsp3) is 0.421. The third-order valence-electron chi connectivity index (χ3n) is 4.04. The summed E-state index contributed by atoms with van der Waals surface area (Å²) in [5.41, 5.74) is 0. The maximum atomic E-state index is 5.95. The summed E-state index contributed by atoms with van der Waals surface area (Å²) in [6, 6.07) is 12.0. The summed E-state index contributed by atoms with van der Waals surface area (Å²) in [5.74, 6) is 2.94. The highest BCUT2D eigenvalue weighted by Gasteiger charge is 2.20. The fourth-order valence-corrected chi connectivity index (χ4v) is 3.58. The topological polar surface area (TPSA) is 54.9 Å². The Morgan fingerprint density at radius 1 is 1.23 bits per heavy atom. The zero-order valence-corrected chi connectivity index (χ0v) is 18.3. The third-order valence-corrected chi connectivity index (χ3v) is 4.93. The van der Waals surface area contributed by atoms with E-state index >= 15 is 0 Å². The van der Waals surface area contributed by atoms with Crippen LogP contribution in [-0.2, 0) is 6.42 Å². The van der Waals surface area contributed by atoms with Crippen molar-refractivity contribution in [2.24, 2.45) is 10.9 Å². The molecule has 1 aromatic heterocycles. The maximum absolute atomic E-state index is 5.95. The van der Waals surface area contributed by atoms with E-state index in [4.69, 9.17) is 9.47 Å². The Balaban J connectivity index is 0.00000243. The minimum Gasteiger partial charge on any atom is -0.486 e. The monoisotopic (exact) mass is 487 g/mol. The Morgan fingerprint density at radius 3 is 2.77 bits per heavy atom. The molecule has 0 spiro atoms. The van der Waals surface area contributed by atoms with E-state index in [0.717, 1.165) is 30.4 Å². The predicted octanol–water partition coefficient (Wildman–Crippen LogP) is 3.55. The van der Waals surface area contributed by atoms with Gasteiger partial charge in [-0.25, -0.2) is 0 Å². The van der Waals surface area contributed by atoms with Crippen molar-refractivity contribution < 1.29 is 9.47 Å². The smallest absolute Gasteiger partial charge is 0.191 e. The predicted molar refractivity (Wildman–Crippen MR) is 118 cm³/mol. The molecule has 0 radical (unpaired) electrons. The van der Waals surface area contributed by atoms with Crippen molar-refractivity contribution in [1.29, 1.82) is 0 Å². The summed E-state index contributed by atoms with van der Waals surface area (Å²) in [6.07, 6.45) is 1.05. The van der Waals surface area contributed by atoms with Gasteiger partial charge in [0, 0.05) is 18.5 Å². The second-order valence-electron chi connectivity index (χ2n) is 6.22. The number of aliphatic imine (C=N–C) groups is 1. The highest BCUT2D eigenvalue weighted by atomic mass is 127. The van der Waals surface area contributed by atoms with Crippen LogP contribution < -0.4 is 20.1 Å². The average Bonchev–Trinajstić information content (AvgIpc) is 3.14. The van der Waals surface area contributed by atoms with E-state index < -0.39 is 0 Å². The van der Waals surface area contributed by atoms with E-state index in [2.05, 4.69) is 40.1 Å². The second-order valence-corrected chi connectivity index (χ2v) is 7.25. The normalized spacial score (nSPS) is 17.2. The Morgan fingerprint density at radius 2 is 2.04 bits per heavy atom. The molecular formula is C19H26IN3O2S. The lowest BCUT2D eigenvalue weighted by molar-refractivity contribution is 0.0936. The first-order valence-electron chi connectivity index (χ1n) is 8.60. The number of hydrogen-bond donors (Lipinski definition) is 2. The first-order valence-corrected chi connectivity index (χ1v) is 9.48. The highest BCUT2D eigenvalue weighted by Crippen LogP contribution is 2.30. The van der Waals surface area contributed by atoms with Crippen LogP contribution in [0.4, 0.5) is 0 Å². The Hall–Kier alpha value is -1.48. The number of rotatable bonds is 6. The molecule has 0 fully saturated rings. The minimum atomic E-state index is -0.0306. The lowest BCUT2D eigenvalue weighted by Crippen LogP contribution is -2.46. The molecular weight excluding hydrogens is 461 g/mol. The van der Waals surface area contributed by atoms with Gasteiger partial charge in [0.1, 0.15) is 12.7 Å². The van der Waals surface area contributed by atoms with Crippen LogP contribution in [0, 0.1) is 5.92 Å². The number of hydrogen-bond acceptors (Lipinski definition) is 4. The SMILES string of the molecule is CN=C(NCC(C)Cc1cccs1)NCC1COc2ccccc2O1.I. The molecule has 2 heterocycles. The zero-order valence-electron chi connectivity index (χ0n) is 15.1. The molecule has 1 aromatic carbocycles. The molecule has 1 aliphatic rings. The summed E-state index contributed by atoms with van der Waals surface area (Å²) in [6.45, 7) is 4.31. The number of nitrogens with one attached hydrogen (secondary N) is 2. The Bertz CT molecular complexity index is 694. The Labute approximate surface area is 176 Å². The molecule has 1 aliphatic heterocycles. The quantitative estimate of drug-likeness (QED) is 0.372. The van der Waals surface area contributed by atoms with Gasteiger partial charge in [0.2, 0.25) is 0 Å². The van der Waals surface area contributed by atoms with Crippen molar-refractivity contribution in [3.63, 3.8) is 0 Å². The van der Waals surface area contributed by atoms with Crippen LogP contribution in [0.15, 0.2) is 46.8 Å². The number of halogens is 1. The number of guanidine groups is 1. The van der Waals surface area contributed by atoms with Gasteiger partial charge in [-0.05, 0) is 35.9 Å². The molecule has 0 bridgehead atoms. The largest absolute Gasteiger partial charge is 0.486 e. The van der Waals surface area contributed by atoms with E-state index in [1.165, 1.54) is 4.88 Å². The fourth-order valence-electron chi connectivity index (χ4n) is 2.71. The van der Waals surface area contributed by atoms with E-state index in [9.17, 15) is 0 Å². The number of para-hydroxylation sites is 2. The summed E-state index contributed by atoms with van der Waals surface area (Å²) in [4.78, 5) is 5.71. The number of fused-ring (bicyclic) bond motifs is 1. The van der Waals surface area contributed by atoms with Crippen LogP contribution in [0.5, 0.6) is 11.5 Å². The van der Waals surface area contributed by atoms with E-state index in [-0.39, 0.29) is 30.1 Å². The van der Waals surface area contributed by atoms with Gasteiger partial charge in [-0.2, -0.15) is 0 Å². The summed E-state index contributed by atoms with van der Waals surface area (Å²) < 4.78 is 11.7. The van der Waals surface area contributed by atoms with E-state index in [1.807, 2.05) is 35.6 Å². The van der Waals surface area contributed by atoms with E-state index in [1.54, 1.807) is 7.05 Å². The number of thiophene rings is 1. The van der Waals surface area contributed by atoms with E-state index in [0.29, 0.717) is 19.1 Å². The number of nitrogens with zero attached hydrogens (tertiary/aromatic N) is 1.